The first kappa shape index (κ1) is 15.7. The van der Waals surface area contributed by atoms with Crippen LogP contribution in [-0.2, 0) is 9.30 Å². The minimum atomic E-state index is -4.07. The molecule has 2 N–H and O–H groups in total. The van der Waals surface area contributed by atoms with Gasteiger partial charge in [0.05, 0.1) is 6.61 Å². The monoisotopic (exact) mass is 248 g/mol. The van der Waals surface area contributed by atoms with Crippen molar-refractivity contribution in [3.63, 3.8) is 0 Å². The number of hydrogen-bond acceptors (Lipinski definition) is 2. The number of ether oxygens (including phenoxy) is 1. The Labute approximate surface area is 97.6 Å². The maximum atomic E-state index is 10.6. The summed E-state index contributed by atoms with van der Waals surface area (Å²) >= 11 is 0. The van der Waals surface area contributed by atoms with Crippen molar-refractivity contribution in [1.82, 2.24) is 0 Å². The molecule has 0 bridgehead atoms. The summed E-state index contributed by atoms with van der Waals surface area (Å²) in [5.41, 5.74) is -0.483. The SMILES string of the molecule is CC(C)(C)C#CC(C)(C)COCP(=O)(O)O. The van der Waals surface area contributed by atoms with E-state index in [0.717, 1.165) is 0 Å². The molecule has 0 aromatic heterocycles. The van der Waals surface area contributed by atoms with Crippen LogP contribution in [0.2, 0.25) is 0 Å². The maximum absolute atomic E-state index is 10.6. The fourth-order valence-corrected chi connectivity index (χ4v) is 1.14. The zero-order chi connectivity index (χ0) is 13.0. The summed E-state index contributed by atoms with van der Waals surface area (Å²) in [5.74, 6) is 6.14. The van der Waals surface area contributed by atoms with Crippen molar-refractivity contribution >= 4 is 7.60 Å². The molecule has 16 heavy (non-hydrogen) atoms. The molecule has 0 saturated heterocycles. The first-order valence-corrected chi connectivity index (χ1v) is 6.88. The minimum absolute atomic E-state index is 0.0828. The summed E-state index contributed by atoms with van der Waals surface area (Å²) in [4.78, 5) is 17.2. The molecule has 0 saturated carbocycles. The smallest absolute Gasteiger partial charge is 0.350 e. The van der Waals surface area contributed by atoms with E-state index in [9.17, 15) is 4.57 Å². The van der Waals surface area contributed by atoms with Crippen LogP contribution in [0.15, 0.2) is 0 Å². The van der Waals surface area contributed by atoms with E-state index in [1.807, 2.05) is 34.6 Å². The Bertz CT molecular complexity index is 324. The van der Waals surface area contributed by atoms with Gasteiger partial charge in [0.25, 0.3) is 0 Å². The molecular weight excluding hydrogens is 227 g/mol. The molecule has 0 aliphatic rings. The van der Waals surface area contributed by atoms with Gasteiger partial charge < -0.3 is 14.5 Å². The molecule has 5 heteroatoms. The molecule has 0 rings (SSSR count). The maximum Gasteiger partial charge on any atom is 0.350 e. The standard InChI is InChI=1S/C11H21O4P/c1-10(2,3)6-7-11(4,5)8-15-9-16(12,13)14/h8-9H2,1-5H3,(H2,12,13,14). The van der Waals surface area contributed by atoms with Gasteiger partial charge in [0.2, 0.25) is 0 Å². The van der Waals surface area contributed by atoms with E-state index in [1.165, 1.54) is 0 Å². The quantitative estimate of drug-likeness (QED) is 0.591. The molecule has 0 unspecified atom stereocenters. The highest BCUT2D eigenvalue weighted by Crippen LogP contribution is 2.34. The van der Waals surface area contributed by atoms with Gasteiger partial charge in [-0.05, 0) is 34.6 Å². The molecule has 0 atom stereocenters. The van der Waals surface area contributed by atoms with E-state index in [4.69, 9.17) is 14.5 Å². The third-order valence-corrected chi connectivity index (χ3v) is 2.02. The van der Waals surface area contributed by atoms with Crippen LogP contribution in [-0.4, -0.2) is 22.7 Å². The second-order valence-electron chi connectivity index (χ2n) is 5.53. The van der Waals surface area contributed by atoms with Crippen LogP contribution in [0.4, 0.5) is 0 Å². The van der Waals surface area contributed by atoms with E-state index in [1.54, 1.807) is 0 Å². The van der Waals surface area contributed by atoms with Gasteiger partial charge in [-0.15, -0.1) is 0 Å². The molecule has 0 aromatic rings. The van der Waals surface area contributed by atoms with Gasteiger partial charge in [-0.3, -0.25) is 4.57 Å². The summed E-state index contributed by atoms with van der Waals surface area (Å²) in [5, 5.41) is 0. The Morgan fingerprint density at radius 2 is 1.62 bits per heavy atom. The average Bonchev–Trinajstić information content (AvgIpc) is 1.97. The van der Waals surface area contributed by atoms with Crippen LogP contribution in [0.3, 0.4) is 0 Å². The van der Waals surface area contributed by atoms with Gasteiger partial charge in [-0.1, -0.05) is 11.8 Å². The fraction of sp³-hybridized carbons (Fsp3) is 0.818. The lowest BCUT2D eigenvalue weighted by molar-refractivity contribution is 0.108. The van der Waals surface area contributed by atoms with Gasteiger partial charge in [0.15, 0.2) is 0 Å². The fourth-order valence-electron chi connectivity index (χ4n) is 0.812. The Morgan fingerprint density at radius 1 is 1.12 bits per heavy atom. The molecule has 94 valence electrons. The Balaban J connectivity index is 4.25. The van der Waals surface area contributed by atoms with E-state index in [-0.39, 0.29) is 12.0 Å². The van der Waals surface area contributed by atoms with Gasteiger partial charge in [-0.2, -0.15) is 0 Å². The summed E-state index contributed by atoms with van der Waals surface area (Å²) in [6.07, 6.45) is -0.548. The van der Waals surface area contributed by atoms with Crippen LogP contribution in [0, 0.1) is 22.7 Å². The third-order valence-electron chi connectivity index (χ3n) is 1.50. The first-order valence-electron chi connectivity index (χ1n) is 5.08. The second kappa shape index (κ2) is 5.33. The molecule has 0 aliphatic carbocycles. The summed E-state index contributed by atoms with van der Waals surface area (Å²) in [7, 11) is -4.07. The van der Waals surface area contributed by atoms with Gasteiger partial charge in [-0.25, -0.2) is 0 Å². The van der Waals surface area contributed by atoms with Crippen molar-refractivity contribution in [2.75, 3.05) is 13.0 Å². The zero-order valence-corrected chi connectivity index (χ0v) is 11.5. The summed E-state index contributed by atoms with van der Waals surface area (Å²) < 4.78 is 15.5. The molecular formula is C11H21O4P. The molecule has 0 amide bonds. The van der Waals surface area contributed by atoms with Crippen molar-refractivity contribution in [3.8, 4) is 11.8 Å². The van der Waals surface area contributed by atoms with E-state index < -0.39 is 19.4 Å². The molecule has 0 spiro atoms. The van der Waals surface area contributed by atoms with Crippen molar-refractivity contribution in [2.45, 2.75) is 34.6 Å². The number of hydrogen-bond donors (Lipinski definition) is 2. The number of rotatable bonds is 4. The van der Waals surface area contributed by atoms with Crippen LogP contribution >= 0.6 is 7.60 Å². The van der Waals surface area contributed by atoms with Gasteiger partial charge >= 0.3 is 7.60 Å². The highest BCUT2D eigenvalue weighted by molar-refractivity contribution is 7.51. The van der Waals surface area contributed by atoms with Crippen LogP contribution in [0.25, 0.3) is 0 Å². The highest BCUT2D eigenvalue weighted by Gasteiger charge is 2.19. The lowest BCUT2D eigenvalue weighted by atomic mass is 9.91. The third kappa shape index (κ3) is 10.2. The highest BCUT2D eigenvalue weighted by atomic mass is 31.2. The molecule has 4 nitrogen and oxygen atoms in total. The van der Waals surface area contributed by atoms with Crippen molar-refractivity contribution < 1.29 is 19.1 Å². The van der Waals surface area contributed by atoms with Crippen LogP contribution < -0.4 is 0 Å². The second-order valence-corrected chi connectivity index (χ2v) is 7.11. The molecule has 0 heterocycles. The topological polar surface area (TPSA) is 66.8 Å². The lowest BCUT2D eigenvalue weighted by Crippen LogP contribution is -2.18. The summed E-state index contributed by atoms with van der Waals surface area (Å²) in [6, 6.07) is 0. The Kier molecular flexibility index (Phi) is 5.22. The normalized spacial score (nSPS) is 13.2. The van der Waals surface area contributed by atoms with Gasteiger partial charge in [0.1, 0.15) is 6.35 Å². The lowest BCUT2D eigenvalue weighted by Gasteiger charge is -2.19. The Hall–Kier alpha value is -0.330. The van der Waals surface area contributed by atoms with Crippen molar-refractivity contribution in [2.24, 2.45) is 10.8 Å². The zero-order valence-electron chi connectivity index (χ0n) is 10.6. The molecule has 0 radical (unpaired) electrons. The summed E-state index contributed by atoms with van der Waals surface area (Å²) in [6.45, 7) is 9.99. The predicted molar refractivity (Wildman–Crippen MR) is 63.9 cm³/mol. The van der Waals surface area contributed by atoms with E-state index in [0.29, 0.717) is 0 Å². The molecule has 0 fully saturated rings. The first-order chi connectivity index (χ1) is 6.91. The van der Waals surface area contributed by atoms with E-state index in [2.05, 4.69) is 11.8 Å². The van der Waals surface area contributed by atoms with E-state index >= 15 is 0 Å². The van der Waals surface area contributed by atoms with Crippen molar-refractivity contribution in [3.05, 3.63) is 0 Å². The largest absolute Gasteiger partial charge is 0.367 e. The predicted octanol–water partition coefficient (Wildman–Crippen LogP) is 2.21. The van der Waals surface area contributed by atoms with Crippen LogP contribution in [0.1, 0.15) is 34.6 Å². The molecule has 0 aromatic carbocycles. The van der Waals surface area contributed by atoms with Crippen LogP contribution in [0.5, 0.6) is 0 Å². The molecule has 0 aliphatic heterocycles. The van der Waals surface area contributed by atoms with Gasteiger partial charge in [0, 0.05) is 10.8 Å². The average molecular weight is 248 g/mol. The minimum Gasteiger partial charge on any atom is -0.367 e. The van der Waals surface area contributed by atoms with Crippen molar-refractivity contribution in [1.29, 1.82) is 0 Å². The Morgan fingerprint density at radius 3 is 2.00 bits per heavy atom.